The van der Waals surface area contributed by atoms with Crippen LogP contribution in [0.3, 0.4) is 0 Å². The molecule has 6 heteroatoms. The highest BCUT2D eigenvalue weighted by Gasteiger charge is 2.20. The molecule has 3 aromatic heterocycles. The molecular formula is C45H33N3OS2. The Labute approximate surface area is 302 Å². The summed E-state index contributed by atoms with van der Waals surface area (Å²) in [5, 5.41) is 15.0. The second-order valence-electron chi connectivity index (χ2n) is 13.1. The van der Waals surface area contributed by atoms with Gasteiger partial charge in [0.05, 0.1) is 12.3 Å². The third-order valence-corrected chi connectivity index (χ3v) is 12.6. The van der Waals surface area contributed by atoms with E-state index < -0.39 is 0 Å². The number of rotatable bonds is 8. The lowest BCUT2D eigenvalue weighted by molar-refractivity contribution is 0.386. The SMILES string of the molecule is NC(NC(NCc1cccc2c1sc1c(-c3cccc4c3sc3ccccc34)cccc12)c1ccc2oc3ccccc3c2c1)c1ccccc1. The number of nitrogens with two attached hydrogens (primary N) is 1. The molecule has 51 heavy (non-hydrogen) atoms. The van der Waals surface area contributed by atoms with Crippen LogP contribution in [-0.4, -0.2) is 0 Å². The molecule has 4 nitrogen and oxygen atoms in total. The molecule has 0 amide bonds. The first kappa shape index (κ1) is 30.5. The summed E-state index contributed by atoms with van der Waals surface area (Å²) < 4.78 is 11.5. The van der Waals surface area contributed by atoms with Crippen LogP contribution in [0.1, 0.15) is 29.0 Å². The molecule has 10 rings (SSSR count). The van der Waals surface area contributed by atoms with Gasteiger partial charge in [0.15, 0.2) is 0 Å². The molecule has 2 unspecified atom stereocenters. The van der Waals surface area contributed by atoms with E-state index in [1.807, 2.05) is 53.0 Å². The van der Waals surface area contributed by atoms with Crippen molar-refractivity contribution in [2.75, 3.05) is 0 Å². The minimum absolute atomic E-state index is 0.218. The molecule has 0 saturated carbocycles. The molecule has 0 aliphatic heterocycles. The minimum Gasteiger partial charge on any atom is -0.456 e. The predicted octanol–water partition coefficient (Wildman–Crippen LogP) is 12.0. The number of hydrogen-bond acceptors (Lipinski definition) is 6. The van der Waals surface area contributed by atoms with E-state index in [0.29, 0.717) is 6.54 Å². The van der Waals surface area contributed by atoms with Gasteiger partial charge in [-0.3, -0.25) is 10.6 Å². The first-order chi connectivity index (χ1) is 25.2. The second-order valence-corrected chi connectivity index (χ2v) is 15.2. The van der Waals surface area contributed by atoms with E-state index in [0.717, 1.165) is 33.1 Å². The van der Waals surface area contributed by atoms with Crippen molar-refractivity contribution in [3.8, 4) is 11.1 Å². The van der Waals surface area contributed by atoms with Crippen molar-refractivity contribution in [3.05, 3.63) is 168 Å². The summed E-state index contributed by atoms with van der Waals surface area (Å²) in [6, 6.07) is 53.8. The maximum Gasteiger partial charge on any atom is 0.135 e. The molecule has 0 spiro atoms. The average Bonchev–Trinajstić information content (AvgIpc) is 3.88. The summed E-state index contributed by atoms with van der Waals surface area (Å²) in [6.07, 6.45) is -0.580. The highest BCUT2D eigenvalue weighted by molar-refractivity contribution is 7.27. The largest absolute Gasteiger partial charge is 0.456 e. The third-order valence-electron chi connectivity index (χ3n) is 10.0. The molecule has 4 N–H and O–H groups in total. The van der Waals surface area contributed by atoms with Crippen LogP contribution in [0.25, 0.3) is 73.4 Å². The van der Waals surface area contributed by atoms with Gasteiger partial charge in [0.1, 0.15) is 11.2 Å². The molecular weight excluding hydrogens is 663 g/mol. The van der Waals surface area contributed by atoms with E-state index >= 15 is 0 Å². The fourth-order valence-corrected chi connectivity index (χ4v) is 10.1. The Morgan fingerprint density at radius 3 is 1.96 bits per heavy atom. The van der Waals surface area contributed by atoms with Gasteiger partial charge in [0.25, 0.3) is 0 Å². The van der Waals surface area contributed by atoms with E-state index in [9.17, 15) is 0 Å². The Balaban J connectivity index is 1.05. The number of fused-ring (bicyclic) bond motifs is 9. The first-order valence-corrected chi connectivity index (χ1v) is 18.9. The quantitative estimate of drug-likeness (QED) is 0.138. The van der Waals surface area contributed by atoms with Gasteiger partial charge < -0.3 is 10.2 Å². The average molecular weight is 696 g/mol. The molecule has 246 valence electrons. The van der Waals surface area contributed by atoms with Gasteiger partial charge in [-0.25, -0.2) is 0 Å². The van der Waals surface area contributed by atoms with Crippen LogP contribution in [-0.2, 0) is 6.54 Å². The summed E-state index contributed by atoms with van der Waals surface area (Å²) in [5.41, 5.74) is 14.5. The molecule has 0 bridgehead atoms. The Bertz CT molecular complexity index is 2890. The van der Waals surface area contributed by atoms with Gasteiger partial charge in [0, 0.05) is 68.8 Å². The predicted molar refractivity (Wildman–Crippen MR) is 217 cm³/mol. The van der Waals surface area contributed by atoms with Crippen molar-refractivity contribution in [1.82, 2.24) is 10.6 Å². The normalized spacial score (nSPS) is 13.3. The highest BCUT2D eigenvalue weighted by Crippen LogP contribution is 2.45. The number of benzene rings is 7. The molecule has 0 aliphatic carbocycles. The van der Waals surface area contributed by atoms with E-state index in [1.54, 1.807) is 0 Å². The van der Waals surface area contributed by atoms with Crippen molar-refractivity contribution in [2.24, 2.45) is 5.73 Å². The lowest BCUT2D eigenvalue weighted by Crippen LogP contribution is -2.39. The summed E-state index contributed by atoms with van der Waals surface area (Å²) in [4.78, 5) is 0. The Morgan fingerprint density at radius 2 is 1.14 bits per heavy atom. The fraction of sp³-hybridized carbons (Fsp3) is 0.0667. The molecule has 0 radical (unpaired) electrons. The fourth-order valence-electron chi connectivity index (χ4n) is 7.53. The molecule has 0 aliphatic rings. The van der Waals surface area contributed by atoms with Gasteiger partial charge >= 0.3 is 0 Å². The lowest BCUT2D eigenvalue weighted by atomic mass is 10.00. The molecule has 2 atom stereocenters. The zero-order valence-corrected chi connectivity index (χ0v) is 29.2. The molecule has 0 saturated heterocycles. The van der Waals surface area contributed by atoms with Crippen LogP contribution in [0.5, 0.6) is 0 Å². The number of hydrogen-bond donors (Lipinski definition) is 3. The zero-order valence-electron chi connectivity index (χ0n) is 27.6. The second kappa shape index (κ2) is 12.5. The van der Waals surface area contributed by atoms with Crippen LogP contribution in [0.15, 0.2) is 156 Å². The summed E-state index contributed by atoms with van der Waals surface area (Å²) >= 11 is 3.78. The van der Waals surface area contributed by atoms with Crippen molar-refractivity contribution >= 4 is 85.0 Å². The van der Waals surface area contributed by atoms with E-state index in [2.05, 4.69) is 132 Å². The minimum atomic E-state index is -0.361. The summed E-state index contributed by atoms with van der Waals surface area (Å²) in [6.45, 7) is 0.661. The van der Waals surface area contributed by atoms with Crippen LogP contribution in [0.4, 0.5) is 0 Å². The van der Waals surface area contributed by atoms with E-state index in [4.69, 9.17) is 10.2 Å². The van der Waals surface area contributed by atoms with E-state index in [1.165, 1.54) is 57.0 Å². The summed E-state index contributed by atoms with van der Waals surface area (Å²) in [5.74, 6) is 0. The van der Waals surface area contributed by atoms with Crippen molar-refractivity contribution in [3.63, 3.8) is 0 Å². The maximum atomic E-state index is 6.80. The van der Waals surface area contributed by atoms with Gasteiger partial charge in [0.2, 0.25) is 0 Å². The number of furan rings is 1. The molecule has 3 heterocycles. The maximum absolute atomic E-state index is 6.80. The molecule has 7 aromatic carbocycles. The smallest absolute Gasteiger partial charge is 0.135 e. The Morgan fingerprint density at radius 1 is 0.510 bits per heavy atom. The van der Waals surface area contributed by atoms with Crippen molar-refractivity contribution in [1.29, 1.82) is 0 Å². The van der Waals surface area contributed by atoms with Gasteiger partial charge in [-0.1, -0.05) is 127 Å². The number of thiophene rings is 2. The van der Waals surface area contributed by atoms with E-state index in [-0.39, 0.29) is 12.3 Å². The van der Waals surface area contributed by atoms with Crippen LogP contribution < -0.4 is 16.4 Å². The van der Waals surface area contributed by atoms with Crippen LogP contribution in [0.2, 0.25) is 0 Å². The Hall–Kier alpha value is -5.34. The highest BCUT2D eigenvalue weighted by atomic mass is 32.1. The van der Waals surface area contributed by atoms with Crippen LogP contribution >= 0.6 is 22.7 Å². The van der Waals surface area contributed by atoms with Crippen molar-refractivity contribution < 1.29 is 4.42 Å². The van der Waals surface area contributed by atoms with Crippen LogP contribution in [0, 0.1) is 0 Å². The molecule has 10 aromatic rings. The van der Waals surface area contributed by atoms with Gasteiger partial charge in [-0.2, -0.15) is 0 Å². The van der Waals surface area contributed by atoms with Gasteiger partial charge in [-0.05, 0) is 41.0 Å². The topological polar surface area (TPSA) is 63.2 Å². The van der Waals surface area contributed by atoms with Gasteiger partial charge in [-0.15, -0.1) is 22.7 Å². The number of para-hydroxylation sites is 1. The number of nitrogens with one attached hydrogen (secondary N) is 2. The third kappa shape index (κ3) is 5.23. The zero-order chi connectivity index (χ0) is 33.9. The standard InChI is InChI=1S/C45H33N3OS2/c46-44(27-11-2-1-3-12-27)48-45(28-23-24-39-37(25-28)30-14-4-6-21-38(30)49-39)47-26-29-13-8-16-33-34-18-10-20-36(43(34)51-41(29)33)35-19-9-17-32-31-15-5-7-22-40(31)50-42(32)35/h1-25,44-45,47-48H,26,46H2. The summed E-state index contributed by atoms with van der Waals surface area (Å²) in [7, 11) is 0. The monoisotopic (exact) mass is 695 g/mol. The first-order valence-electron chi connectivity index (χ1n) is 17.2. The lowest BCUT2D eigenvalue weighted by Gasteiger charge is -2.25. The van der Waals surface area contributed by atoms with Crippen molar-refractivity contribution in [2.45, 2.75) is 18.9 Å². The Kier molecular flexibility index (Phi) is 7.45. The molecule has 0 fully saturated rings.